The number of nitrogens with zero attached hydrogens (tertiary/aromatic N) is 2. The molecule has 2 aromatic heterocycles. The van der Waals surface area contributed by atoms with E-state index in [9.17, 15) is 28.1 Å². The highest BCUT2D eigenvalue weighted by Crippen LogP contribution is 2.30. The van der Waals surface area contributed by atoms with Crippen LogP contribution in [0.1, 0.15) is 10.6 Å². The minimum absolute atomic E-state index is 0.0258. The first-order valence-electron chi connectivity index (χ1n) is 6.51. The van der Waals surface area contributed by atoms with Crippen molar-refractivity contribution in [3.8, 4) is 11.3 Å². The van der Waals surface area contributed by atoms with Gasteiger partial charge in [0.1, 0.15) is 22.4 Å². The zero-order valence-electron chi connectivity index (χ0n) is 12.0. The predicted molar refractivity (Wildman–Crippen MR) is 80.7 cm³/mol. The summed E-state index contributed by atoms with van der Waals surface area (Å²) in [5, 5.41) is 14.0. The van der Waals surface area contributed by atoms with E-state index in [1.54, 1.807) is 0 Å². The van der Waals surface area contributed by atoms with E-state index in [1.165, 1.54) is 5.38 Å². The van der Waals surface area contributed by atoms with Crippen LogP contribution in [-0.2, 0) is 0 Å². The number of carbonyl (C=O) groups is 1. The van der Waals surface area contributed by atoms with Gasteiger partial charge in [-0.15, -0.1) is 11.3 Å². The molecule has 1 aromatic carbocycles. The van der Waals surface area contributed by atoms with E-state index in [0.29, 0.717) is 12.1 Å². The highest BCUT2D eigenvalue weighted by atomic mass is 32.1. The van der Waals surface area contributed by atoms with Crippen LogP contribution in [0.3, 0.4) is 0 Å². The molecule has 0 radical (unpaired) electrons. The van der Waals surface area contributed by atoms with Crippen molar-refractivity contribution in [3.63, 3.8) is 0 Å². The summed E-state index contributed by atoms with van der Waals surface area (Å²) in [7, 11) is 0. The lowest BCUT2D eigenvalue weighted by Crippen LogP contribution is -2.10. The second-order valence-electron chi connectivity index (χ2n) is 4.63. The first-order chi connectivity index (χ1) is 11.8. The number of anilines is 1. The Hall–Kier alpha value is -3.21. The molecule has 2 heterocycles. The van der Waals surface area contributed by atoms with E-state index in [0.717, 1.165) is 23.5 Å². The Morgan fingerprint density at radius 3 is 2.52 bits per heavy atom. The molecule has 1 N–H and O–H groups in total. The summed E-state index contributed by atoms with van der Waals surface area (Å²) in [6.45, 7) is 0. The molecule has 0 saturated carbocycles. The molecule has 0 bridgehead atoms. The van der Waals surface area contributed by atoms with Gasteiger partial charge in [0, 0.05) is 17.5 Å². The number of aromatic nitrogens is 1. The highest BCUT2D eigenvalue weighted by Gasteiger charge is 2.20. The largest absolute Gasteiger partial charge is 0.433 e. The maximum atomic E-state index is 13.7. The number of halogens is 3. The quantitative estimate of drug-likeness (QED) is 0.554. The number of benzene rings is 1. The summed E-state index contributed by atoms with van der Waals surface area (Å²) in [6, 6.07) is 3.13. The molecule has 0 aliphatic heterocycles. The number of thiazole rings is 1. The van der Waals surface area contributed by atoms with Crippen molar-refractivity contribution in [2.75, 3.05) is 5.32 Å². The van der Waals surface area contributed by atoms with Gasteiger partial charge < -0.3 is 4.42 Å². The molecular weight excluding hydrogens is 363 g/mol. The Kier molecular flexibility index (Phi) is 4.23. The molecule has 0 aliphatic carbocycles. The van der Waals surface area contributed by atoms with E-state index >= 15 is 0 Å². The number of furan rings is 1. The molecule has 0 atom stereocenters. The van der Waals surface area contributed by atoms with Crippen LogP contribution >= 0.6 is 11.3 Å². The molecule has 3 aromatic rings. The highest BCUT2D eigenvalue weighted by molar-refractivity contribution is 7.14. The van der Waals surface area contributed by atoms with Gasteiger partial charge >= 0.3 is 5.88 Å². The predicted octanol–water partition coefficient (Wildman–Crippen LogP) is 3.98. The van der Waals surface area contributed by atoms with Crippen molar-refractivity contribution in [1.82, 2.24) is 4.98 Å². The van der Waals surface area contributed by atoms with Crippen LogP contribution in [0.15, 0.2) is 34.1 Å². The van der Waals surface area contributed by atoms with Crippen LogP contribution < -0.4 is 5.32 Å². The number of rotatable bonds is 4. The summed E-state index contributed by atoms with van der Waals surface area (Å²) in [6.07, 6.45) is 0. The van der Waals surface area contributed by atoms with Gasteiger partial charge in [0.15, 0.2) is 10.9 Å². The second-order valence-corrected chi connectivity index (χ2v) is 5.49. The molecular formula is C14H6F3N3O4S. The van der Waals surface area contributed by atoms with Gasteiger partial charge in [0.2, 0.25) is 0 Å². The third-order valence-electron chi connectivity index (χ3n) is 2.98. The van der Waals surface area contributed by atoms with Gasteiger partial charge in [-0.2, -0.15) is 0 Å². The number of hydrogen-bond donors (Lipinski definition) is 1. The van der Waals surface area contributed by atoms with Gasteiger partial charge in [-0.05, 0) is 6.07 Å². The number of nitrogens with one attached hydrogen (secondary N) is 1. The molecule has 11 heteroatoms. The molecule has 7 nitrogen and oxygen atoms in total. The minimum atomic E-state index is -1.14. The summed E-state index contributed by atoms with van der Waals surface area (Å²) in [5.41, 5.74) is -0.674. The van der Waals surface area contributed by atoms with Gasteiger partial charge in [-0.25, -0.2) is 18.2 Å². The lowest BCUT2D eigenvalue weighted by atomic mass is 10.1. The fourth-order valence-corrected chi connectivity index (χ4v) is 2.64. The lowest BCUT2D eigenvalue weighted by molar-refractivity contribution is -0.402. The number of amides is 1. The SMILES string of the molecule is O=C(Nc1nc(-c2c(F)cc(F)cc2F)cs1)c1ccc([N+](=O)[O-])o1. The van der Waals surface area contributed by atoms with Crippen molar-refractivity contribution in [2.45, 2.75) is 0 Å². The zero-order chi connectivity index (χ0) is 18.1. The van der Waals surface area contributed by atoms with Crippen LogP contribution in [-0.4, -0.2) is 15.8 Å². The molecule has 25 heavy (non-hydrogen) atoms. The van der Waals surface area contributed by atoms with Crippen LogP contribution in [0.4, 0.5) is 24.2 Å². The third kappa shape index (κ3) is 3.35. The Morgan fingerprint density at radius 2 is 1.92 bits per heavy atom. The maximum absolute atomic E-state index is 13.7. The number of hydrogen-bond acceptors (Lipinski definition) is 6. The summed E-state index contributed by atoms with van der Waals surface area (Å²) >= 11 is 0.856. The topological polar surface area (TPSA) is 98.3 Å². The zero-order valence-corrected chi connectivity index (χ0v) is 12.8. The molecule has 128 valence electrons. The van der Waals surface area contributed by atoms with Crippen LogP contribution in [0.2, 0.25) is 0 Å². The van der Waals surface area contributed by atoms with Crippen LogP contribution in [0.5, 0.6) is 0 Å². The van der Waals surface area contributed by atoms with Gasteiger partial charge in [0.25, 0.3) is 5.91 Å². The van der Waals surface area contributed by atoms with E-state index in [-0.39, 0.29) is 16.6 Å². The second kappa shape index (κ2) is 6.36. The van der Waals surface area contributed by atoms with Crippen molar-refractivity contribution >= 4 is 28.3 Å². The van der Waals surface area contributed by atoms with Crippen LogP contribution in [0, 0.1) is 27.6 Å². The summed E-state index contributed by atoms with van der Waals surface area (Å²) < 4.78 is 45.1. The molecule has 1 amide bonds. The van der Waals surface area contributed by atoms with Crippen molar-refractivity contribution < 1.29 is 27.3 Å². The van der Waals surface area contributed by atoms with Gasteiger partial charge in [0.05, 0.1) is 17.3 Å². The molecule has 0 saturated heterocycles. The van der Waals surface area contributed by atoms with E-state index in [2.05, 4.69) is 10.3 Å². The Morgan fingerprint density at radius 1 is 1.24 bits per heavy atom. The Bertz CT molecular complexity index is 962. The standard InChI is InChI=1S/C14H6F3N3O4S/c15-6-3-7(16)12(8(17)4-6)9-5-25-14(18-9)19-13(21)10-1-2-11(24-10)20(22)23/h1-5H,(H,18,19,21). The van der Waals surface area contributed by atoms with Gasteiger partial charge in [-0.3, -0.25) is 20.2 Å². The molecule has 0 aliphatic rings. The smallest absolute Gasteiger partial charge is 0.395 e. The fourth-order valence-electron chi connectivity index (χ4n) is 1.94. The molecule has 0 spiro atoms. The van der Waals surface area contributed by atoms with E-state index in [4.69, 9.17) is 4.42 Å². The monoisotopic (exact) mass is 369 g/mol. The maximum Gasteiger partial charge on any atom is 0.433 e. The van der Waals surface area contributed by atoms with Gasteiger partial charge in [-0.1, -0.05) is 0 Å². The summed E-state index contributed by atoms with van der Waals surface area (Å²) in [4.78, 5) is 25.5. The van der Waals surface area contributed by atoms with E-state index < -0.39 is 39.7 Å². The van der Waals surface area contributed by atoms with E-state index in [1.807, 2.05) is 0 Å². The first-order valence-corrected chi connectivity index (χ1v) is 7.39. The first kappa shape index (κ1) is 16.6. The molecule has 3 rings (SSSR count). The average Bonchev–Trinajstić information content (AvgIpc) is 3.15. The van der Waals surface area contributed by atoms with Crippen molar-refractivity contribution in [3.05, 3.63) is 63.0 Å². The number of nitro groups is 1. The molecule has 0 unspecified atom stereocenters. The van der Waals surface area contributed by atoms with Crippen LogP contribution in [0.25, 0.3) is 11.3 Å². The van der Waals surface area contributed by atoms with Crippen molar-refractivity contribution in [1.29, 1.82) is 0 Å². The minimum Gasteiger partial charge on any atom is -0.395 e. The molecule has 0 fully saturated rings. The average molecular weight is 369 g/mol. The number of carbonyl (C=O) groups excluding carboxylic acids is 1. The fraction of sp³-hybridized carbons (Fsp3) is 0. The Labute approximate surface area is 140 Å². The Balaban J connectivity index is 1.82. The van der Waals surface area contributed by atoms with Crippen molar-refractivity contribution in [2.24, 2.45) is 0 Å². The lowest BCUT2D eigenvalue weighted by Gasteiger charge is -2.02. The summed E-state index contributed by atoms with van der Waals surface area (Å²) in [5.74, 6) is -5.11. The third-order valence-corrected chi connectivity index (χ3v) is 3.74. The normalized spacial score (nSPS) is 10.7.